The number of carbonyl (C=O) groups excluding carboxylic acids is 2. The third-order valence-electron chi connectivity index (χ3n) is 4.42. The third kappa shape index (κ3) is 2.70. The van der Waals surface area contributed by atoms with E-state index in [4.69, 9.17) is 16.3 Å². The highest BCUT2D eigenvalue weighted by Crippen LogP contribution is 2.33. The van der Waals surface area contributed by atoms with Crippen LogP contribution in [0.3, 0.4) is 0 Å². The molecule has 1 fully saturated rings. The van der Waals surface area contributed by atoms with Crippen LogP contribution in [-0.2, 0) is 16.1 Å². The number of halogens is 1. The summed E-state index contributed by atoms with van der Waals surface area (Å²) in [5, 5.41) is 10.2. The fourth-order valence-corrected chi connectivity index (χ4v) is 3.37. The zero-order valence-corrected chi connectivity index (χ0v) is 14.6. The maximum atomic E-state index is 12.9. The first-order chi connectivity index (χ1) is 12.6. The molecule has 2 amide bonds. The van der Waals surface area contributed by atoms with Gasteiger partial charge in [-0.3, -0.25) is 14.6 Å². The smallest absolute Gasteiger partial charge is 0.263 e. The average Bonchev–Trinajstić information content (AvgIpc) is 3.16. The molecule has 2 atom stereocenters. The first kappa shape index (κ1) is 16.5. The van der Waals surface area contributed by atoms with Gasteiger partial charge >= 0.3 is 0 Å². The van der Waals surface area contributed by atoms with Crippen LogP contribution in [0.2, 0.25) is 5.02 Å². The minimum absolute atomic E-state index is 0.336. The third-order valence-corrected chi connectivity index (χ3v) is 4.66. The van der Waals surface area contributed by atoms with Crippen LogP contribution in [0.4, 0.5) is 5.69 Å². The predicted octanol–water partition coefficient (Wildman–Crippen LogP) is 2.84. The lowest BCUT2D eigenvalue weighted by Gasteiger charge is -2.20. The summed E-state index contributed by atoms with van der Waals surface area (Å²) in [5.41, 5.74) is 1.38. The Morgan fingerprint density at radius 1 is 1.12 bits per heavy atom. The van der Waals surface area contributed by atoms with Crippen LogP contribution >= 0.6 is 11.6 Å². The van der Waals surface area contributed by atoms with Gasteiger partial charge in [0.2, 0.25) is 0 Å². The molecule has 2 heterocycles. The zero-order chi connectivity index (χ0) is 18.3. The molecule has 2 aliphatic rings. The van der Waals surface area contributed by atoms with Gasteiger partial charge in [0.15, 0.2) is 12.1 Å². The molecule has 0 radical (unpaired) electrons. The molecule has 2 aromatic rings. The Bertz CT molecular complexity index is 900. The number of methoxy groups -OCH3 is 1. The molecule has 0 aliphatic carbocycles. The number of nitrogens with zero attached hydrogens (tertiary/aromatic N) is 4. The molecule has 7 nitrogen and oxygen atoms in total. The summed E-state index contributed by atoms with van der Waals surface area (Å²) in [5.74, 6) is -0.0602. The Morgan fingerprint density at radius 3 is 2.58 bits per heavy atom. The van der Waals surface area contributed by atoms with Crippen molar-refractivity contribution < 1.29 is 14.3 Å². The van der Waals surface area contributed by atoms with Crippen molar-refractivity contribution in [2.75, 3.05) is 12.0 Å². The van der Waals surface area contributed by atoms with Gasteiger partial charge in [0.25, 0.3) is 11.8 Å². The Hall–Kier alpha value is -2.93. The minimum Gasteiger partial charge on any atom is -0.497 e. The second-order valence-corrected chi connectivity index (χ2v) is 6.47. The lowest BCUT2D eigenvalue weighted by molar-refractivity contribution is -0.123. The van der Waals surface area contributed by atoms with E-state index in [9.17, 15) is 9.59 Å². The number of ether oxygens (including phenoxy) is 1. The van der Waals surface area contributed by atoms with Gasteiger partial charge in [-0.05, 0) is 42.0 Å². The Kier molecular flexibility index (Phi) is 4.08. The van der Waals surface area contributed by atoms with Crippen molar-refractivity contribution in [1.29, 1.82) is 0 Å². The zero-order valence-electron chi connectivity index (χ0n) is 13.9. The highest BCUT2D eigenvalue weighted by molar-refractivity contribution is 6.30. The first-order valence-corrected chi connectivity index (χ1v) is 8.40. The molecule has 0 spiro atoms. The van der Waals surface area contributed by atoms with Crippen LogP contribution < -0.4 is 9.64 Å². The summed E-state index contributed by atoms with van der Waals surface area (Å²) in [6.07, 6.45) is 0. The molecule has 0 saturated carbocycles. The molecule has 2 aromatic carbocycles. The SMILES string of the molecule is COc1ccc(N2C(=O)[C@@H]3[C@@H](N=NN3Cc3cccc(Cl)c3)C2=O)cc1. The van der Waals surface area contributed by atoms with Crippen LogP contribution in [0, 0.1) is 0 Å². The monoisotopic (exact) mass is 370 g/mol. The van der Waals surface area contributed by atoms with Crippen LogP contribution in [0.5, 0.6) is 5.75 Å². The molecular formula is C18H15ClN4O3. The van der Waals surface area contributed by atoms with E-state index in [0.29, 0.717) is 23.0 Å². The van der Waals surface area contributed by atoms with Crippen molar-refractivity contribution in [2.45, 2.75) is 18.6 Å². The second kappa shape index (κ2) is 6.42. The van der Waals surface area contributed by atoms with E-state index in [1.165, 1.54) is 0 Å². The summed E-state index contributed by atoms with van der Waals surface area (Å²) in [7, 11) is 1.56. The Labute approximate surface area is 154 Å². The van der Waals surface area contributed by atoms with E-state index in [1.54, 1.807) is 48.5 Å². The van der Waals surface area contributed by atoms with Crippen molar-refractivity contribution in [3.8, 4) is 5.75 Å². The van der Waals surface area contributed by atoms with Gasteiger partial charge in [-0.1, -0.05) is 29.0 Å². The van der Waals surface area contributed by atoms with Gasteiger partial charge in [0.1, 0.15) is 5.75 Å². The van der Waals surface area contributed by atoms with E-state index in [1.807, 2.05) is 12.1 Å². The number of hydrogen-bond acceptors (Lipinski definition) is 6. The lowest BCUT2D eigenvalue weighted by atomic mass is 10.1. The van der Waals surface area contributed by atoms with Gasteiger partial charge in [-0.25, -0.2) is 4.90 Å². The molecule has 4 rings (SSSR count). The lowest BCUT2D eigenvalue weighted by Crippen LogP contribution is -2.39. The maximum absolute atomic E-state index is 12.9. The maximum Gasteiger partial charge on any atom is 0.263 e. The summed E-state index contributed by atoms with van der Waals surface area (Å²) >= 11 is 6.01. The number of rotatable bonds is 4. The van der Waals surface area contributed by atoms with E-state index >= 15 is 0 Å². The molecule has 1 saturated heterocycles. The molecule has 8 heteroatoms. The molecule has 132 valence electrons. The molecule has 26 heavy (non-hydrogen) atoms. The van der Waals surface area contributed by atoms with Gasteiger partial charge in [0, 0.05) is 5.02 Å². The van der Waals surface area contributed by atoms with Crippen molar-refractivity contribution in [2.24, 2.45) is 10.3 Å². The summed E-state index contributed by atoms with van der Waals surface area (Å²) in [4.78, 5) is 26.7. The van der Waals surface area contributed by atoms with E-state index in [2.05, 4.69) is 10.3 Å². The average molecular weight is 371 g/mol. The van der Waals surface area contributed by atoms with E-state index in [-0.39, 0.29) is 11.8 Å². The van der Waals surface area contributed by atoms with Crippen molar-refractivity contribution in [3.63, 3.8) is 0 Å². The number of imide groups is 1. The summed E-state index contributed by atoms with van der Waals surface area (Å²) in [6.45, 7) is 0.348. The number of fused-ring (bicyclic) bond motifs is 1. The van der Waals surface area contributed by atoms with Crippen LogP contribution in [0.25, 0.3) is 0 Å². The van der Waals surface area contributed by atoms with Gasteiger partial charge < -0.3 is 4.74 Å². The quantitative estimate of drug-likeness (QED) is 0.775. The normalized spacial score (nSPS) is 21.5. The topological polar surface area (TPSA) is 74.6 Å². The van der Waals surface area contributed by atoms with Gasteiger partial charge in [0.05, 0.1) is 19.3 Å². The molecule has 2 aliphatic heterocycles. The fraction of sp³-hybridized carbons (Fsp3) is 0.222. The molecule has 0 bridgehead atoms. The first-order valence-electron chi connectivity index (χ1n) is 8.02. The van der Waals surface area contributed by atoms with E-state index in [0.717, 1.165) is 10.5 Å². The highest BCUT2D eigenvalue weighted by atomic mass is 35.5. The second-order valence-electron chi connectivity index (χ2n) is 6.03. The summed E-state index contributed by atoms with van der Waals surface area (Å²) in [6, 6.07) is 12.5. The predicted molar refractivity (Wildman–Crippen MR) is 94.9 cm³/mol. The molecule has 0 unspecified atom stereocenters. The minimum atomic E-state index is -0.816. The Balaban J connectivity index is 1.58. The molecular weight excluding hydrogens is 356 g/mol. The highest BCUT2D eigenvalue weighted by Gasteiger charge is 2.54. The van der Waals surface area contributed by atoms with Crippen molar-refractivity contribution in [3.05, 3.63) is 59.1 Å². The number of benzene rings is 2. The van der Waals surface area contributed by atoms with Crippen molar-refractivity contribution in [1.82, 2.24) is 5.01 Å². The molecule has 0 N–H and O–H groups in total. The standard InChI is InChI=1S/C18H15ClN4O3/c1-26-14-7-5-13(6-8-14)23-17(24)15-16(18(23)25)22(21-20-15)10-11-3-2-4-12(19)9-11/h2-9,15-16H,10H2,1H3/t15-,16+/m1/s1. The van der Waals surface area contributed by atoms with Gasteiger partial charge in [-0.2, -0.15) is 5.11 Å². The Morgan fingerprint density at radius 2 is 1.88 bits per heavy atom. The number of amides is 2. The van der Waals surface area contributed by atoms with Crippen LogP contribution in [-0.4, -0.2) is 36.0 Å². The number of carbonyl (C=O) groups is 2. The van der Waals surface area contributed by atoms with Crippen LogP contribution in [0.1, 0.15) is 5.56 Å². The van der Waals surface area contributed by atoms with E-state index < -0.39 is 12.1 Å². The van der Waals surface area contributed by atoms with Crippen LogP contribution in [0.15, 0.2) is 58.9 Å². The van der Waals surface area contributed by atoms with Crippen molar-refractivity contribution >= 4 is 29.1 Å². The summed E-state index contributed by atoms with van der Waals surface area (Å²) < 4.78 is 5.11. The number of hydrogen-bond donors (Lipinski definition) is 0. The fourth-order valence-electron chi connectivity index (χ4n) is 3.16. The number of anilines is 1. The largest absolute Gasteiger partial charge is 0.497 e. The van der Waals surface area contributed by atoms with Gasteiger partial charge in [-0.15, -0.1) is 0 Å². The molecule has 0 aromatic heterocycles.